The van der Waals surface area contributed by atoms with Crippen LogP contribution in [0.1, 0.15) is 0 Å². The molecule has 1 aromatic heterocycles. The number of rotatable bonds is 4. The number of anilines is 2. The van der Waals surface area contributed by atoms with E-state index in [1.54, 1.807) is 6.07 Å². The lowest BCUT2D eigenvalue weighted by molar-refractivity contribution is 0.312. The maximum atomic E-state index is 13.2. The van der Waals surface area contributed by atoms with Crippen LogP contribution in [0.3, 0.4) is 0 Å². The summed E-state index contributed by atoms with van der Waals surface area (Å²) in [4.78, 5) is 8.42. The minimum atomic E-state index is -3.98. The van der Waals surface area contributed by atoms with Crippen molar-refractivity contribution in [2.75, 3.05) is 42.8 Å². The largest absolute Gasteiger partial charge is 0.354 e. The van der Waals surface area contributed by atoms with Crippen molar-refractivity contribution < 1.29 is 17.2 Å². The third-order valence-corrected chi connectivity index (χ3v) is 5.34. The Hall–Kier alpha value is -2.26. The SMILES string of the molecule is CN1CCN(c2ccc(S(=O)(=O)Nc3cc(F)cc(F)c3)cn2)CC1. The summed E-state index contributed by atoms with van der Waals surface area (Å²) in [6.45, 7) is 3.45. The molecule has 1 saturated heterocycles. The van der Waals surface area contributed by atoms with Gasteiger partial charge in [-0.2, -0.15) is 0 Å². The number of benzene rings is 1. The Morgan fingerprint density at radius 1 is 1.04 bits per heavy atom. The van der Waals surface area contributed by atoms with Gasteiger partial charge in [-0.15, -0.1) is 0 Å². The monoisotopic (exact) mass is 368 g/mol. The van der Waals surface area contributed by atoms with Crippen molar-refractivity contribution in [1.29, 1.82) is 0 Å². The van der Waals surface area contributed by atoms with Crippen molar-refractivity contribution in [3.8, 4) is 0 Å². The van der Waals surface area contributed by atoms with Gasteiger partial charge < -0.3 is 9.80 Å². The van der Waals surface area contributed by atoms with E-state index in [-0.39, 0.29) is 10.6 Å². The van der Waals surface area contributed by atoms with Gasteiger partial charge in [-0.3, -0.25) is 4.72 Å². The summed E-state index contributed by atoms with van der Waals surface area (Å²) < 4.78 is 53.2. The molecular formula is C16H18F2N4O2S. The molecule has 3 rings (SSSR count). The first-order chi connectivity index (χ1) is 11.8. The van der Waals surface area contributed by atoms with Crippen molar-refractivity contribution >= 4 is 21.5 Å². The first kappa shape index (κ1) is 17.6. The molecular weight excluding hydrogens is 350 g/mol. The number of pyridine rings is 1. The first-order valence-electron chi connectivity index (χ1n) is 7.72. The van der Waals surface area contributed by atoms with E-state index >= 15 is 0 Å². The average Bonchev–Trinajstić information content (AvgIpc) is 2.54. The van der Waals surface area contributed by atoms with Gasteiger partial charge in [-0.1, -0.05) is 0 Å². The lowest BCUT2D eigenvalue weighted by Crippen LogP contribution is -2.44. The molecule has 0 atom stereocenters. The number of hydrogen-bond acceptors (Lipinski definition) is 5. The Kier molecular flexibility index (Phi) is 4.87. The summed E-state index contributed by atoms with van der Waals surface area (Å²) in [5.41, 5.74) is -0.180. The normalized spacial score (nSPS) is 16.0. The van der Waals surface area contributed by atoms with Crippen LogP contribution >= 0.6 is 0 Å². The molecule has 0 saturated carbocycles. The van der Waals surface area contributed by atoms with Crippen molar-refractivity contribution in [2.24, 2.45) is 0 Å². The van der Waals surface area contributed by atoms with Crippen LogP contribution in [0.25, 0.3) is 0 Å². The quantitative estimate of drug-likeness (QED) is 0.893. The molecule has 0 aliphatic carbocycles. The fourth-order valence-corrected chi connectivity index (χ4v) is 3.57. The van der Waals surface area contributed by atoms with Gasteiger partial charge in [0.05, 0.1) is 5.69 Å². The van der Waals surface area contributed by atoms with Gasteiger partial charge in [0, 0.05) is 38.4 Å². The molecule has 0 unspecified atom stereocenters. The van der Waals surface area contributed by atoms with Crippen molar-refractivity contribution in [2.45, 2.75) is 4.90 Å². The fourth-order valence-electron chi connectivity index (χ4n) is 2.58. The second kappa shape index (κ2) is 6.93. The number of nitrogens with one attached hydrogen (secondary N) is 1. The molecule has 0 amide bonds. The minimum absolute atomic E-state index is 0.0740. The van der Waals surface area contributed by atoms with Crippen LogP contribution in [-0.4, -0.2) is 51.5 Å². The smallest absolute Gasteiger partial charge is 0.263 e. The van der Waals surface area contributed by atoms with Gasteiger partial charge in [0.15, 0.2) is 0 Å². The van der Waals surface area contributed by atoms with Gasteiger partial charge in [0.2, 0.25) is 0 Å². The number of piperazine rings is 1. The van der Waals surface area contributed by atoms with Crippen LogP contribution in [0.15, 0.2) is 41.4 Å². The van der Waals surface area contributed by atoms with Crippen LogP contribution in [-0.2, 0) is 10.0 Å². The van der Waals surface area contributed by atoms with Crippen LogP contribution < -0.4 is 9.62 Å². The van der Waals surface area contributed by atoms with Crippen molar-refractivity contribution in [3.63, 3.8) is 0 Å². The zero-order valence-corrected chi connectivity index (χ0v) is 14.4. The van der Waals surface area contributed by atoms with E-state index in [2.05, 4.69) is 19.5 Å². The van der Waals surface area contributed by atoms with E-state index in [4.69, 9.17) is 0 Å². The zero-order valence-electron chi connectivity index (χ0n) is 13.6. The van der Waals surface area contributed by atoms with Crippen LogP contribution in [0.4, 0.5) is 20.3 Å². The lowest BCUT2D eigenvalue weighted by atomic mass is 10.3. The molecule has 134 valence electrons. The van der Waals surface area contributed by atoms with E-state index in [9.17, 15) is 17.2 Å². The second-order valence-corrected chi connectivity index (χ2v) is 7.59. The number of halogens is 2. The standard InChI is InChI=1S/C16H18F2N4O2S/c1-21-4-6-22(7-5-21)16-3-2-15(11-19-16)25(23,24)20-14-9-12(17)8-13(18)10-14/h2-3,8-11,20H,4-7H2,1H3. The molecule has 0 bridgehead atoms. The molecule has 1 aliphatic rings. The molecule has 0 spiro atoms. The molecule has 0 radical (unpaired) electrons. The Morgan fingerprint density at radius 3 is 2.24 bits per heavy atom. The summed E-state index contributed by atoms with van der Waals surface area (Å²) >= 11 is 0. The van der Waals surface area contributed by atoms with E-state index < -0.39 is 21.7 Å². The lowest BCUT2D eigenvalue weighted by Gasteiger charge is -2.33. The number of hydrogen-bond donors (Lipinski definition) is 1. The molecule has 1 N–H and O–H groups in total. The van der Waals surface area contributed by atoms with Crippen molar-refractivity contribution in [1.82, 2.24) is 9.88 Å². The number of sulfonamides is 1. The molecule has 9 heteroatoms. The van der Waals surface area contributed by atoms with Crippen LogP contribution in [0.5, 0.6) is 0 Å². The predicted octanol–water partition coefficient (Wildman–Crippen LogP) is 1.91. The molecule has 1 aromatic carbocycles. The average molecular weight is 368 g/mol. The van der Waals surface area contributed by atoms with Gasteiger partial charge >= 0.3 is 0 Å². The highest BCUT2D eigenvalue weighted by Crippen LogP contribution is 2.20. The maximum absolute atomic E-state index is 13.2. The Morgan fingerprint density at radius 2 is 1.68 bits per heavy atom. The number of nitrogens with zero attached hydrogens (tertiary/aromatic N) is 3. The number of likely N-dealkylation sites (N-methyl/N-ethyl adjacent to an activating group) is 1. The third kappa shape index (κ3) is 4.23. The molecule has 6 nitrogen and oxygen atoms in total. The second-order valence-electron chi connectivity index (χ2n) is 5.91. The summed E-state index contributed by atoms with van der Waals surface area (Å²) in [6.07, 6.45) is 1.24. The zero-order chi connectivity index (χ0) is 18.0. The van der Waals surface area contributed by atoms with E-state index in [0.29, 0.717) is 11.9 Å². The summed E-state index contributed by atoms with van der Waals surface area (Å²) in [6, 6.07) is 5.55. The molecule has 1 fully saturated rings. The van der Waals surface area contributed by atoms with Gasteiger partial charge in [0.25, 0.3) is 10.0 Å². The van der Waals surface area contributed by atoms with Crippen LogP contribution in [0, 0.1) is 11.6 Å². The van der Waals surface area contributed by atoms with Crippen molar-refractivity contribution in [3.05, 3.63) is 48.2 Å². The maximum Gasteiger partial charge on any atom is 0.263 e. The molecule has 1 aliphatic heterocycles. The number of aromatic nitrogens is 1. The Bertz CT molecular complexity index is 831. The van der Waals surface area contributed by atoms with E-state index in [1.807, 2.05) is 7.05 Å². The summed E-state index contributed by atoms with van der Waals surface area (Å²) in [5, 5.41) is 0. The van der Waals surface area contributed by atoms with Gasteiger partial charge in [-0.25, -0.2) is 22.2 Å². The van der Waals surface area contributed by atoms with Gasteiger partial charge in [0.1, 0.15) is 22.3 Å². The topological polar surface area (TPSA) is 65.5 Å². The summed E-state index contributed by atoms with van der Waals surface area (Å²) in [5.74, 6) is -1.02. The Balaban J connectivity index is 1.76. The van der Waals surface area contributed by atoms with E-state index in [1.165, 1.54) is 12.3 Å². The third-order valence-electron chi connectivity index (χ3n) is 3.97. The van der Waals surface area contributed by atoms with Crippen LogP contribution in [0.2, 0.25) is 0 Å². The highest BCUT2D eigenvalue weighted by molar-refractivity contribution is 7.92. The summed E-state index contributed by atoms with van der Waals surface area (Å²) in [7, 11) is -1.93. The predicted molar refractivity (Wildman–Crippen MR) is 91.1 cm³/mol. The molecule has 2 aromatic rings. The molecule has 25 heavy (non-hydrogen) atoms. The Labute approximate surface area is 145 Å². The molecule has 2 heterocycles. The highest BCUT2D eigenvalue weighted by Gasteiger charge is 2.19. The fraction of sp³-hybridized carbons (Fsp3) is 0.312. The minimum Gasteiger partial charge on any atom is -0.354 e. The highest BCUT2D eigenvalue weighted by atomic mass is 32.2. The van der Waals surface area contributed by atoms with E-state index in [0.717, 1.165) is 38.3 Å². The first-order valence-corrected chi connectivity index (χ1v) is 9.20. The van der Waals surface area contributed by atoms with Gasteiger partial charge in [-0.05, 0) is 31.3 Å².